The predicted octanol–water partition coefficient (Wildman–Crippen LogP) is 3.67. The molecule has 0 radical (unpaired) electrons. The van der Waals surface area contributed by atoms with Crippen LogP contribution in [0.3, 0.4) is 0 Å². The lowest BCUT2D eigenvalue weighted by molar-refractivity contribution is -0.121. The summed E-state index contributed by atoms with van der Waals surface area (Å²) in [6.07, 6.45) is 0. The lowest BCUT2D eigenvalue weighted by Crippen LogP contribution is -2.38. The van der Waals surface area contributed by atoms with Crippen molar-refractivity contribution in [2.45, 2.75) is 23.6 Å². The standard InChI is InChI=1S/C21H23ClN2O5S2/c1-3-23(4-2)31(27,28)15-9-10-17(22)16(13-15)21(26)29-14-20(25)24-11-12-30-19-8-6-5-7-18(19)24/h5-10,13H,3-4,11-12,14H2,1-2H3. The van der Waals surface area contributed by atoms with Gasteiger partial charge in [-0.3, -0.25) is 4.79 Å². The number of fused-ring (bicyclic) bond motifs is 1. The fourth-order valence-corrected chi connectivity index (χ4v) is 5.92. The second-order valence-corrected chi connectivity index (χ2v) is 10.2. The van der Waals surface area contributed by atoms with E-state index in [-0.39, 0.29) is 21.4 Å². The van der Waals surface area contributed by atoms with Crippen molar-refractivity contribution in [1.82, 2.24) is 4.31 Å². The Bertz CT molecular complexity index is 1090. The number of nitrogens with zero attached hydrogens (tertiary/aromatic N) is 2. The van der Waals surface area contributed by atoms with Gasteiger partial charge in [-0.2, -0.15) is 4.31 Å². The van der Waals surface area contributed by atoms with Crippen molar-refractivity contribution in [2.75, 3.05) is 36.9 Å². The largest absolute Gasteiger partial charge is 0.452 e. The van der Waals surface area contributed by atoms with Gasteiger partial charge in [0.25, 0.3) is 5.91 Å². The van der Waals surface area contributed by atoms with E-state index in [9.17, 15) is 18.0 Å². The Hall–Kier alpha value is -2.07. The van der Waals surface area contributed by atoms with Gasteiger partial charge in [0.15, 0.2) is 6.61 Å². The molecule has 2 aromatic carbocycles. The molecule has 166 valence electrons. The third kappa shape index (κ3) is 5.06. The molecule has 0 bridgehead atoms. The molecule has 0 N–H and O–H groups in total. The molecule has 0 atom stereocenters. The SMILES string of the molecule is CCN(CC)S(=O)(=O)c1ccc(Cl)c(C(=O)OCC(=O)N2CCSc3ccccc32)c1. The van der Waals surface area contributed by atoms with Crippen LogP contribution in [0, 0.1) is 0 Å². The van der Waals surface area contributed by atoms with Crippen LogP contribution in [-0.4, -0.2) is 56.6 Å². The summed E-state index contributed by atoms with van der Waals surface area (Å²) < 4.78 is 31.9. The van der Waals surface area contributed by atoms with Crippen LogP contribution >= 0.6 is 23.4 Å². The maximum atomic E-state index is 12.7. The maximum Gasteiger partial charge on any atom is 0.340 e. The first kappa shape index (κ1) is 23.6. The van der Waals surface area contributed by atoms with Crippen LogP contribution in [0.25, 0.3) is 0 Å². The number of rotatable bonds is 7. The number of hydrogen-bond acceptors (Lipinski definition) is 6. The number of benzene rings is 2. The minimum absolute atomic E-state index is 0.0515. The van der Waals surface area contributed by atoms with Gasteiger partial charge >= 0.3 is 5.97 Å². The molecule has 0 saturated heterocycles. The highest BCUT2D eigenvalue weighted by Crippen LogP contribution is 2.34. The van der Waals surface area contributed by atoms with Crippen molar-refractivity contribution in [3.63, 3.8) is 0 Å². The molecule has 10 heteroatoms. The highest BCUT2D eigenvalue weighted by molar-refractivity contribution is 7.99. The molecular weight excluding hydrogens is 460 g/mol. The Labute approximate surface area is 191 Å². The van der Waals surface area contributed by atoms with E-state index in [1.54, 1.807) is 30.5 Å². The molecule has 2 aromatic rings. The van der Waals surface area contributed by atoms with Gasteiger partial charge in [0, 0.05) is 30.3 Å². The minimum Gasteiger partial charge on any atom is -0.452 e. The van der Waals surface area contributed by atoms with E-state index in [2.05, 4.69) is 0 Å². The molecular formula is C21H23ClN2O5S2. The summed E-state index contributed by atoms with van der Waals surface area (Å²) in [4.78, 5) is 27.8. The zero-order chi connectivity index (χ0) is 22.6. The first-order chi connectivity index (χ1) is 14.8. The van der Waals surface area contributed by atoms with Crippen LogP contribution in [-0.2, 0) is 19.6 Å². The Morgan fingerprint density at radius 1 is 1.16 bits per heavy atom. The van der Waals surface area contributed by atoms with Gasteiger partial charge < -0.3 is 9.64 Å². The number of halogens is 1. The van der Waals surface area contributed by atoms with E-state index >= 15 is 0 Å². The Balaban J connectivity index is 1.75. The third-order valence-corrected chi connectivity index (χ3v) is 8.28. The molecule has 0 aromatic heterocycles. The molecule has 3 rings (SSSR count). The van der Waals surface area contributed by atoms with Gasteiger partial charge in [-0.15, -0.1) is 11.8 Å². The highest BCUT2D eigenvalue weighted by atomic mass is 35.5. The van der Waals surface area contributed by atoms with Crippen LogP contribution in [0.5, 0.6) is 0 Å². The Kier molecular flexibility index (Phi) is 7.64. The maximum absolute atomic E-state index is 12.7. The summed E-state index contributed by atoms with van der Waals surface area (Å²) in [6, 6.07) is 11.4. The second-order valence-electron chi connectivity index (χ2n) is 6.67. The summed E-state index contributed by atoms with van der Waals surface area (Å²) in [6.45, 7) is 4.10. The van der Waals surface area contributed by atoms with Crippen molar-refractivity contribution < 1.29 is 22.7 Å². The van der Waals surface area contributed by atoms with Crippen LogP contribution in [0.1, 0.15) is 24.2 Å². The predicted molar refractivity (Wildman–Crippen MR) is 121 cm³/mol. The second kappa shape index (κ2) is 10.0. The average molecular weight is 483 g/mol. The van der Waals surface area contributed by atoms with E-state index in [4.69, 9.17) is 16.3 Å². The van der Waals surface area contributed by atoms with E-state index in [1.807, 2.05) is 24.3 Å². The van der Waals surface area contributed by atoms with Crippen molar-refractivity contribution in [2.24, 2.45) is 0 Å². The third-order valence-electron chi connectivity index (χ3n) is 4.86. The van der Waals surface area contributed by atoms with Gasteiger partial charge in [-0.25, -0.2) is 13.2 Å². The number of esters is 1. The van der Waals surface area contributed by atoms with Crippen LogP contribution < -0.4 is 4.90 Å². The molecule has 0 saturated carbocycles. The lowest BCUT2D eigenvalue weighted by Gasteiger charge is -2.28. The Morgan fingerprint density at radius 2 is 1.87 bits per heavy atom. The fourth-order valence-electron chi connectivity index (χ4n) is 3.25. The van der Waals surface area contributed by atoms with Gasteiger partial charge in [-0.05, 0) is 30.3 Å². The number of ether oxygens (including phenoxy) is 1. The average Bonchev–Trinajstić information content (AvgIpc) is 2.77. The molecule has 7 nitrogen and oxygen atoms in total. The number of anilines is 1. The van der Waals surface area contributed by atoms with Crippen molar-refractivity contribution in [3.05, 3.63) is 53.1 Å². The molecule has 0 fully saturated rings. The van der Waals surface area contributed by atoms with E-state index in [1.165, 1.54) is 22.5 Å². The van der Waals surface area contributed by atoms with Crippen LogP contribution in [0.15, 0.2) is 52.3 Å². The topological polar surface area (TPSA) is 84.0 Å². The van der Waals surface area contributed by atoms with Crippen molar-refractivity contribution in [1.29, 1.82) is 0 Å². The number of sulfonamides is 1. The quantitative estimate of drug-likeness (QED) is 0.560. The number of thioether (sulfide) groups is 1. The highest BCUT2D eigenvalue weighted by Gasteiger charge is 2.26. The first-order valence-corrected chi connectivity index (χ1v) is 12.6. The molecule has 0 spiro atoms. The molecule has 0 aliphatic carbocycles. The zero-order valence-corrected chi connectivity index (χ0v) is 19.6. The minimum atomic E-state index is -3.77. The summed E-state index contributed by atoms with van der Waals surface area (Å²) in [5, 5.41) is 0.0515. The van der Waals surface area contributed by atoms with E-state index in [0.29, 0.717) is 19.6 Å². The van der Waals surface area contributed by atoms with Crippen molar-refractivity contribution >= 4 is 50.9 Å². The van der Waals surface area contributed by atoms with Crippen LogP contribution in [0.2, 0.25) is 5.02 Å². The first-order valence-electron chi connectivity index (χ1n) is 9.78. The van der Waals surface area contributed by atoms with Crippen LogP contribution in [0.4, 0.5) is 5.69 Å². The number of carbonyl (C=O) groups excluding carboxylic acids is 2. The van der Waals surface area contributed by atoms with E-state index in [0.717, 1.165) is 16.3 Å². The summed E-state index contributed by atoms with van der Waals surface area (Å²) in [5.74, 6) is -0.466. The number of amides is 1. The number of para-hydroxylation sites is 1. The molecule has 1 heterocycles. The number of carbonyl (C=O) groups is 2. The van der Waals surface area contributed by atoms with Crippen molar-refractivity contribution in [3.8, 4) is 0 Å². The summed E-state index contributed by atoms with van der Waals surface area (Å²) in [7, 11) is -3.77. The zero-order valence-electron chi connectivity index (χ0n) is 17.2. The van der Waals surface area contributed by atoms with Gasteiger partial charge in [0.2, 0.25) is 10.0 Å². The summed E-state index contributed by atoms with van der Waals surface area (Å²) >= 11 is 7.77. The monoisotopic (exact) mass is 482 g/mol. The van der Waals surface area contributed by atoms with Gasteiger partial charge in [-0.1, -0.05) is 37.6 Å². The van der Waals surface area contributed by atoms with E-state index < -0.39 is 22.6 Å². The molecule has 0 unspecified atom stereocenters. The lowest BCUT2D eigenvalue weighted by atomic mass is 10.2. The smallest absolute Gasteiger partial charge is 0.340 e. The number of hydrogen-bond donors (Lipinski definition) is 0. The summed E-state index contributed by atoms with van der Waals surface area (Å²) in [5.41, 5.74) is 0.683. The fraction of sp³-hybridized carbons (Fsp3) is 0.333. The molecule has 31 heavy (non-hydrogen) atoms. The Morgan fingerprint density at radius 3 is 2.58 bits per heavy atom. The normalized spacial score (nSPS) is 13.7. The van der Waals surface area contributed by atoms with Gasteiger partial charge in [0.05, 0.1) is 21.2 Å². The molecule has 1 aliphatic rings. The molecule has 1 aliphatic heterocycles. The van der Waals surface area contributed by atoms with Gasteiger partial charge in [0.1, 0.15) is 0 Å². The molecule has 1 amide bonds.